The van der Waals surface area contributed by atoms with Gasteiger partial charge in [-0.3, -0.25) is 5.43 Å². The van der Waals surface area contributed by atoms with Crippen molar-refractivity contribution < 1.29 is 9.84 Å². The van der Waals surface area contributed by atoms with Gasteiger partial charge in [0.25, 0.3) is 5.88 Å². The highest BCUT2D eigenvalue weighted by Crippen LogP contribution is 2.23. The number of phenols is 1. The summed E-state index contributed by atoms with van der Waals surface area (Å²) in [5, 5.41) is 13.4. The third-order valence-electron chi connectivity index (χ3n) is 3.10. The maximum atomic E-state index is 9.26. The second-order valence-electron chi connectivity index (χ2n) is 4.76. The summed E-state index contributed by atoms with van der Waals surface area (Å²) in [6, 6.07) is 14.3. The number of para-hydroxylation sites is 2. The number of hydrogen-bond donors (Lipinski definition) is 2. The lowest BCUT2D eigenvalue weighted by Crippen LogP contribution is -2.03. The maximum Gasteiger partial charge on any atom is 0.259 e. The summed E-state index contributed by atoms with van der Waals surface area (Å²) in [5.74, 6) is 1.09. The number of aromatic nitrogens is 2. The lowest BCUT2D eigenvalue weighted by atomic mass is 10.2. The number of nitrogens with one attached hydrogen (secondary N) is 1. The molecule has 0 spiro atoms. The Bertz CT molecular complexity index is 832. The van der Waals surface area contributed by atoms with Crippen molar-refractivity contribution in [3.8, 4) is 11.6 Å². The van der Waals surface area contributed by atoms with Gasteiger partial charge in [0.05, 0.1) is 23.9 Å². The van der Waals surface area contributed by atoms with Crippen LogP contribution in [-0.4, -0.2) is 27.9 Å². The minimum atomic E-state index is 0.217. The molecule has 6 heteroatoms. The summed E-state index contributed by atoms with van der Waals surface area (Å²) in [6.45, 7) is 2.38. The molecule has 3 aromatic rings. The van der Waals surface area contributed by atoms with Gasteiger partial charge in [-0.05, 0) is 48.9 Å². The van der Waals surface area contributed by atoms with Crippen molar-refractivity contribution in [1.29, 1.82) is 0 Å². The predicted octanol–water partition coefficient (Wildman–Crippen LogP) is 3.18. The van der Waals surface area contributed by atoms with Crippen LogP contribution >= 0.6 is 0 Å². The quantitative estimate of drug-likeness (QED) is 0.559. The number of fused-ring (bicyclic) bond motifs is 1. The lowest BCUT2D eigenvalue weighted by molar-refractivity contribution is 0.328. The van der Waals surface area contributed by atoms with Crippen LogP contribution in [0.4, 0.5) is 5.82 Å². The summed E-state index contributed by atoms with van der Waals surface area (Å²) in [5.41, 5.74) is 5.24. The molecule has 3 rings (SSSR count). The summed E-state index contributed by atoms with van der Waals surface area (Å²) >= 11 is 0. The Balaban J connectivity index is 1.85. The molecule has 0 unspecified atom stereocenters. The highest BCUT2D eigenvalue weighted by Gasteiger charge is 2.08. The molecular formula is C17H16N4O2. The number of ether oxygens (including phenoxy) is 1. The molecular weight excluding hydrogens is 292 g/mol. The number of hydrazone groups is 1. The van der Waals surface area contributed by atoms with Crippen molar-refractivity contribution in [3.05, 3.63) is 54.1 Å². The zero-order valence-corrected chi connectivity index (χ0v) is 12.6. The van der Waals surface area contributed by atoms with Gasteiger partial charge in [0.15, 0.2) is 0 Å². The van der Waals surface area contributed by atoms with Crippen molar-refractivity contribution in [1.82, 2.24) is 9.97 Å². The van der Waals surface area contributed by atoms with Gasteiger partial charge in [-0.1, -0.05) is 12.1 Å². The van der Waals surface area contributed by atoms with Crippen LogP contribution in [0.2, 0.25) is 0 Å². The predicted molar refractivity (Wildman–Crippen MR) is 90.0 cm³/mol. The van der Waals surface area contributed by atoms with E-state index in [-0.39, 0.29) is 5.75 Å². The van der Waals surface area contributed by atoms with Crippen LogP contribution in [0, 0.1) is 0 Å². The fourth-order valence-electron chi connectivity index (χ4n) is 2.02. The van der Waals surface area contributed by atoms with Crippen molar-refractivity contribution >= 4 is 23.1 Å². The summed E-state index contributed by atoms with van der Waals surface area (Å²) in [6.07, 6.45) is 1.63. The molecule has 2 aromatic carbocycles. The molecule has 0 aliphatic rings. The van der Waals surface area contributed by atoms with Gasteiger partial charge in [-0.15, -0.1) is 0 Å². The topological polar surface area (TPSA) is 79.6 Å². The molecule has 6 nitrogen and oxygen atoms in total. The summed E-state index contributed by atoms with van der Waals surface area (Å²) < 4.78 is 5.52. The molecule has 0 radical (unpaired) electrons. The van der Waals surface area contributed by atoms with Crippen molar-refractivity contribution in [2.45, 2.75) is 6.92 Å². The molecule has 0 saturated heterocycles. The average Bonchev–Trinajstić information content (AvgIpc) is 2.57. The highest BCUT2D eigenvalue weighted by atomic mass is 16.5. The number of benzene rings is 2. The summed E-state index contributed by atoms with van der Waals surface area (Å²) in [7, 11) is 0. The number of hydrogen-bond acceptors (Lipinski definition) is 6. The van der Waals surface area contributed by atoms with Gasteiger partial charge >= 0.3 is 0 Å². The van der Waals surface area contributed by atoms with Crippen LogP contribution in [0.1, 0.15) is 12.5 Å². The largest absolute Gasteiger partial charge is 0.508 e. The number of rotatable bonds is 5. The maximum absolute atomic E-state index is 9.26. The lowest BCUT2D eigenvalue weighted by Gasteiger charge is -2.08. The smallest absolute Gasteiger partial charge is 0.259 e. The van der Waals surface area contributed by atoms with Gasteiger partial charge in [0, 0.05) is 0 Å². The number of aromatic hydroxyl groups is 1. The van der Waals surface area contributed by atoms with Crippen molar-refractivity contribution in [2.75, 3.05) is 12.0 Å². The Hall–Kier alpha value is -3.15. The molecule has 0 fully saturated rings. The first-order chi connectivity index (χ1) is 11.3. The Morgan fingerprint density at radius 2 is 1.78 bits per heavy atom. The second kappa shape index (κ2) is 6.74. The molecule has 0 atom stereocenters. The van der Waals surface area contributed by atoms with Crippen LogP contribution in [0.15, 0.2) is 53.6 Å². The SMILES string of the molecule is CCOc1nc2ccccc2nc1NN=Cc1ccc(O)cc1. The van der Waals surface area contributed by atoms with E-state index in [4.69, 9.17) is 4.74 Å². The van der Waals surface area contributed by atoms with Crippen LogP contribution in [0.5, 0.6) is 11.6 Å². The number of anilines is 1. The van der Waals surface area contributed by atoms with E-state index in [0.29, 0.717) is 18.3 Å². The molecule has 23 heavy (non-hydrogen) atoms. The van der Waals surface area contributed by atoms with E-state index in [2.05, 4.69) is 20.5 Å². The van der Waals surface area contributed by atoms with Crippen LogP contribution < -0.4 is 10.2 Å². The Labute approximate surface area is 133 Å². The minimum Gasteiger partial charge on any atom is -0.508 e. The van der Waals surface area contributed by atoms with Gasteiger partial charge in [0.1, 0.15) is 5.75 Å². The first-order valence-electron chi connectivity index (χ1n) is 7.24. The van der Waals surface area contributed by atoms with E-state index in [1.54, 1.807) is 30.5 Å². The van der Waals surface area contributed by atoms with Gasteiger partial charge in [-0.25, -0.2) is 9.97 Å². The first kappa shape index (κ1) is 14.8. The molecule has 1 aromatic heterocycles. The van der Waals surface area contributed by atoms with E-state index in [0.717, 1.165) is 16.6 Å². The third-order valence-corrected chi connectivity index (χ3v) is 3.10. The summed E-state index contributed by atoms with van der Waals surface area (Å²) in [4.78, 5) is 8.93. The van der Waals surface area contributed by atoms with Crippen molar-refractivity contribution in [3.63, 3.8) is 0 Å². The molecule has 0 bridgehead atoms. The van der Waals surface area contributed by atoms with E-state index >= 15 is 0 Å². The van der Waals surface area contributed by atoms with Gasteiger partial charge in [-0.2, -0.15) is 5.10 Å². The zero-order valence-electron chi connectivity index (χ0n) is 12.6. The minimum absolute atomic E-state index is 0.217. The highest BCUT2D eigenvalue weighted by molar-refractivity contribution is 5.81. The normalized spacial score (nSPS) is 11.0. The molecule has 2 N–H and O–H groups in total. The van der Waals surface area contributed by atoms with Crippen LogP contribution in [-0.2, 0) is 0 Å². The molecule has 1 heterocycles. The fraction of sp³-hybridized carbons (Fsp3) is 0.118. The standard InChI is InChI=1S/C17H16N4O2/c1-2-23-17-16(19-14-5-3-4-6-15(14)20-17)21-18-11-12-7-9-13(22)10-8-12/h3-11,22H,2H2,1H3,(H,19,21). The molecule has 0 saturated carbocycles. The second-order valence-corrected chi connectivity index (χ2v) is 4.76. The van der Waals surface area contributed by atoms with E-state index in [1.165, 1.54) is 0 Å². The average molecular weight is 308 g/mol. The zero-order chi connectivity index (χ0) is 16.1. The van der Waals surface area contributed by atoms with E-state index in [9.17, 15) is 5.11 Å². The molecule has 0 aliphatic carbocycles. The Morgan fingerprint density at radius 1 is 1.09 bits per heavy atom. The van der Waals surface area contributed by atoms with Gasteiger partial charge in [0.2, 0.25) is 5.82 Å². The monoisotopic (exact) mass is 308 g/mol. The first-order valence-corrected chi connectivity index (χ1v) is 7.24. The van der Waals surface area contributed by atoms with Crippen molar-refractivity contribution in [2.24, 2.45) is 5.10 Å². The number of nitrogens with zero attached hydrogens (tertiary/aromatic N) is 3. The molecule has 0 amide bonds. The number of phenolic OH excluding ortho intramolecular Hbond substituents is 1. The van der Waals surface area contributed by atoms with E-state index in [1.807, 2.05) is 31.2 Å². The van der Waals surface area contributed by atoms with Gasteiger partial charge < -0.3 is 9.84 Å². The van der Waals surface area contributed by atoms with Crippen LogP contribution in [0.25, 0.3) is 11.0 Å². The third kappa shape index (κ3) is 3.55. The Kier molecular flexibility index (Phi) is 4.33. The fourth-order valence-corrected chi connectivity index (χ4v) is 2.02. The molecule has 116 valence electrons. The van der Waals surface area contributed by atoms with Crippen LogP contribution in [0.3, 0.4) is 0 Å². The Morgan fingerprint density at radius 3 is 2.48 bits per heavy atom. The molecule has 0 aliphatic heterocycles. The van der Waals surface area contributed by atoms with E-state index < -0.39 is 0 Å².